The van der Waals surface area contributed by atoms with E-state index in [0.29, 0.717) is 6.54 Å². The number of benzene rings is 1. The van der Waals surface area contributed by atoms with Crippen molar-refractivity contribution in [2.75, 3.05) is 46.8 Å². The highest BCUT2D eigenvalue weighted by molar-refractivity contribution is 14.0. The summed E-state index contributed by atoms with van der Waals surface area (Å²) in [5, 5.41) is 7.34. The third-order valence-corrected chi connectivity index (χ3v) is 6.83. The molecule has 1 aromatic heterocycles. The third-order valence-electron chi connectivity index (χ3n) is 5.00. The Hall–Kier alpha value is -1.70. The van der Waals surface area contributed by atoms with Crippen LogP contribution in [0.4, 0.5) is 0 Å². The minimum absolute atomic E-state index is 0. The van der Waals surface area contributed by atoms with Crippen LogP contribution >= 0.6 is 24.0 Å². The zero-order chi connectivity index (χ0) is 21.6. The molecule has 2 aromatic rings. The topological polar surface area (TPSA) is 94.3 Å². The number of piperazine rings is 1. The Morgan fingerprint density at radius 2 is 1.84 bits per heavy atom. The van der Waals surface area contributed by atoms with Gasteiger partial charge >= 0.3 is 0 Å². The second-order valence-electron chi connectivity index (χ2n) is 7.36. The van der Waals surface area contributed by atoms with Crippen LogP contribution in [0.25, 0.3) is 0 Å². The molecule has 1 aliphatic heterocycles. The molecule has 0 bridgehead atoms. The normalized spacial score (nSPS) is 15.7. The number of aromatic nitrogens is 1. The highest BCUT2D eigenvalue weighted by Crippen LogP contribution is 2.15. The lowest BCUT2D eigenvalue weighted by atomic mass is 10.2. The fraction of sp³-hybridized carbons (Fsp3) is 0.500. The first-order valence-corrected chi connectivity index (χ1v) is 11.5. The van der Waals surface area contributed by atoms with Crippen molar-refractivity contribution < 1.29 is 12.9 Å². The van der Waals surface area contributed by atoms with E-state index in [9.17, 15) is 8.42 Å². The molecule has 0 spiro atoms. The van der Waals surface area contributed by atoms with Gasteiger partial charge in [-0.1, -0.05) is 17.3 Å². The molecule has 1 saturated heterocycles. The summed E-state index contributed by atoms with van der Waals surface area (Å²) in [5.41, 5.74) is 1.91. The maximum absolute atomic E-state index is 12.2. The molecule has 172 valence electrons. The van der Waals surface area contributed by atoms with E-state index in [1.54, 1.807) is 18.4 Å². The summed E-state index contributed by atoms with van der Waals surface area (Å²) in [6, 6.07) is 8.80. The van der Waals surface area contributed by atoms with Crippen LogP contribution in [0.3, 0.4) is 0 Å². The van der Waals surface area contributed by atoms with Crippen molar-refractivity contribution in [1.82, 2.24) is 24.6 Å². The van der Waals surface area contributed by atoms with Gasteiger partial charge in [0.2, 0.25) is 10.0 Å². The van der Waals surface area contributed by atoms with E-state index in [-0.39, 0.29) is 28.9 Å². The molecule has 31 heavy (non-hydrogen) atoms. The average molecular weight is 562 g/mol. The molecule has 0 radical (unpaired) electrons. The van der Waals surface area contributed by atoms with Crippen molar-refractivity contribution in [2.24, 2.45) is 4.99 Å². The molecule has 0 aliphatic carbocycles. The zero-order valence-electron chi connectivity index (χ0n) is 18.2. The molecular formula is C20H31IN6O3S. The number of sulfonamides is 1. The lowest BCUT2D eigenvalue weighted by molar-refractivity contribution is 0.169. The summed E-state index contributed by atoms with van der Waals surface area (Å²) >= 11 is 0. The number of hydrogen-bond acceptors (Lipinski definition) is 6. The fourth-order valence-electron chi connectivity index (χ4n) is 3.24. The molecule has 0 atom stereocenters. The number of halogens is 1. The molecule has 1 aliphatic rings. The molecule has 1 aromatic carbocycles. The highest BCUT2D eigenvalue weighted by Gasteiger charge is 2.20. The van der Waals surface area contributed by atoms with Crippen molar-refractivity contribution >= 4 is 40.0 Å². The van der Waals surface area contributed by atoms with E-state index >= 15 is 0 Å². The first kappa shape index (κ1) is 25.6. The predicted molar refractivity (Wildman–Crippen MR) is 131 cm³/mol. The molecule has 11 heteroatoms. The number of hydrogen-bond donors (Lipinski definition) is 1. The molecule has 0 amide bonds. The van der Waals surface area contributed by atoms with Gasteiger partial charge in [-0.15, -0.1) is 24.0 Å². The Labute approximate surface area is 201 Å². The van der Waals surface area contributed by atoms with Gasteiger partial charge < -0.3 is 14.7 Å². The van der Waals surface area contributed by atoms with Crippen molar-refractivity contribution in [2.45, 2.75) is 24.9 Å². The number of nitrogens with one attached hydrogen (secondary N) is 1. The van der Waals surface area contributed by atoms with Gasteiger partial charge in [-0.3, -0.25) is 4.90 Å². The first-order chi connectivity index (χ1) is 14.4. The van der Waals surface area contributed by atoms with Gasteiger partial charge in [0.1, 0.15) is 6.26 Å². The summed E-state index contributed by atoms with van der Waals surface area (Å²) in [6.07, 6.45) is 1.60. The van der Waals surface area contributed by atoms with E-state index in [0.717, 1.165) is 56.5 Å². The minimum Gasteiger partial charge on any atom is -0.364 e. The van der Waals surface area contributed by atoms with Crippen molar-refractivity contribution in [3.8, 4) is 0 Å². The van der Waals surface area contributed by atoms with Gasteiger partial charge in [-0.2, -0.15) is 0 Å². The Bertz CT molecular complexity index is 924. The van der Waals surface area contributed by atoms with Crippen LogP contribution in [0, 0.1) is 0 Å². The van der Waals surface area contributed by atoms with E-state index in [1.165, 1.54) is 18.4 Å². The van der Waals surface area contributed by atoms with Crippen LogP contribution in [-0.4, -0.2) is 80.5 Å². The maximum atomic E-state index is 12.2. The summed E-state index contributed by atoms with van der Waals surface area (Å²) in [4.78, 5) is 9.65. The Morgan fingerprint density at radius 3 is 2.39 bits per heavy atom. The van der Waals surface area contributed by atoms with Crippen LogP contribution in [0.1, 0.15) is 18.2 Å². The van der Waals surface area contributed by atoms with E-state index in [1.807, 2.05) is 18.2 Å². The molecular weight excluding hydrogens is 531 g/mol. The lowest BCUT2D eigenvalue weighted by Gasteiger charge is -2.36. The lowest BCUT2D eigenvalue weighted by Crippen LogP contribution is -2.52. The van der Waals surface area contributed by atoms with Crippen molar-refractivity contribution in [3.05, 3.63) is 47.9 Å². The zero-order valence-corrected chi connectivity index (χ0v) is 21.3. The quantitative estimate of drug-likeness (QED) is 0.313. The van der Waals surface area contributed by atoms with Gasteiger partial charge in [0.05, 0.1) is 17.1 Å². The number of nitrogens with zero attached hydrogens (tertiary/aromatic N) is 5. The molecule has 9 nitrogen and oxygen atoms in total. The SMILES string of the molecule is CCNC(=NCc1ccc(S(=O)(=O)N(C)C)cc1)N1CCN(Cc2ccon2)CC1.I. The standard InChI is InChI=1S/C20H30N6O3S.HI/c1-4-21-20(26-12-10-25(11-13-26)16-18-9-14-29-23-18)22-15-17-5-7-19(8-6-17)30(27,28)24(2)3;/h5-9,14H,4,10-13,15-16H2,1-3H3,(H,21,22);1H. The van der Waals surface area contributed by atoms with E-state index in [2.05, 4.69) is 27.2 Å². The first-order valence-electron chi connectivity index (χ1n) is 10.1. The second-order valence-corrected chi connectivity index (χ2v) is 9.51. The van der Waals surface area contributed by atoms with Crippen molar-refractivity contribution in [1.29, 1.82) is 0 Å². The Balaban J connectivity index is 0.00000341. The van der Waals surface area contributed by atoms with Crippen LogP contribution in [0.5, 0.6) is 0 Å². The highest BCUT2D eigenvalue weighted by atomic mass is 127. The van der Waals surface area contributed by atoms with Crippen LogP contribution in [-0.2, 0) is 23.1 Å². The van der Waals surface area contributed by atoms with Gasteiger partial charge in [-0.25, -0.2) is 17.7 Å². The monoisotopic (exact) mass is 562 g/mol. The number of rotatable bonds is 7. The molecule has 0 unspecified atom stereocenters. The van der Waals surface area contributed by atoms with Crippen LogP contribution < -0.4 is 5.32 Å². The van der Waals surface area contributed by atoms with Gasteiger partial charge in [0.25, 0.3) is 0 Å². The molecule has 3 rings (SSSR count). The number of aliphatic imine (C=N–C) groups is 1. The van der Waals surface area contributed by atoms with Crippen LogP contribution in [0.15, 0.2) is 51.0 Å². The molecule has 2 heterocycles. The molecule has 0 saturated carbocycles. The largest absolute Gasteiger partial charge is 0.364 e. The fourth-order valence-corrected chi connectivity index (χ4v) is 4.14. The Morgan fingerprint density at radius 1 is 1.16 bits per heavy atom. The molecule has 1 fully saturated rings. The molecule has 1 N–H and O–H groups in total. The maximum Gasteiger partial charge on any atom is 0.242 e. The van der Waals surface area contributed by atoms with Crippen LogP contribution in [0.2, 0.25) is 0 Å². The average Bonchev–Trinajstić information content (AvgIpc) is 3.25. The Kier molecular flexibility index (Phi) is 9.72. The van der Waals surface area contributed by atoms with Gasteiger partial charge in [-0.05, 0) is 24.6 Å². The third kappa shape index (κ3) is 6.89. The minimum atomic E-state index is -3.41. The summed E-state index contributed by atoms with van der Waals surface area (Å²) in [7, 11) is -0.354. The summed E-state index contributed by atoms with van der Waals surface area (Å²) in [6.45, 7) is 7.73. The van der Waals surface area contributed by atoms with Crippen molar-refractivity contribution in [3.63, 3.8) is 0 Å². The van der Waals surface area contributed by atoms with Gasteiger partial charge in [0, 0.05) is 59.4 Å². The van der Waals surface area contributed by atoms with E-state index in [4.69, 9.17) is 9.52 Å². The smallest absolute Gasteiger partial charge is 0.242 e. The predicted octanol–water partition coefficient (Wildman–Crippen LogP) is 1.83. The number of guanidine groups is 1. The van der Waals surface area contributed by atoms with E-state index < -0.39 is 10.0 Å². The summed E-state index contributed by atoms with van der Waals surface area (Å²) in [5.74, 6) is 0.878. The second kappa shape index (κ2) is 11.8. The van der Waals surface area contributed by atoms with Gasteiger partial charge in [0.15, 0.2) is 5.96 Å². The summed E-state index contributed by atoms with van der Waals surface area (Å²) < 4.78 is 30.5.